The fourth-order valence-corrected chi connectivity index (χ4v) is 2.36. The summed E-state index contributed by atoms with van der Waals surface area (Å²) in [5, 5.41) is 8.62. The van der Waals surface area contributed by atoms with Gasteiger partial charge in [-0.25, -0.2) is 5.10 Å². The van der Waals surface area contributed by atoms with E-state index in [9.17, 15) is 14.4 Å². The first-order valence-corrected chi connectivity index (χ1v) is 7.41. The van der Waals surface area contributed by atoms with Crippen LogP contribution in [0.4, 0.5) is 5.69 Å². The second-order valence-electron chi connectivity index (χ2n) is 5.36. The Labute approximate surface area is 137 Å². The summed E-state index contributed by atoms with van der Waals surface area (Å²) in [5.41, 5.74) is 1.48. The van der Waals surface area contributed by atoms with Crippen LogP contribution in [-0.2, 0) is 11.2 Å². The quantitative estimate of drug-likeness (QED) is 0.828. The highest BCUT2D eigenvalue weighted by molar-refractivity contribution is 5.97. The lowest BCUT2D eigenvalue weighted by Gasteiger charge is -2.26. The fourth-order valence-electron chi connectivity index (χ4n) is 2.36. The lowest BCUT2D eigenvalue weighted by atomic mass is 10.1. The standard InChI is InChI=1S/C16H16N4O4/c1-20-12-8-10(2-4-13(12)24-9-15(20)22)6-7-17-16(23)11-3-5-14(21)19-18-11/h2-5,8H,6-7,9H2,1H3,(H,17,23)(H,19,21). The molecule has 2 aromatic rings. The van der Waals surface area contributed by atoms with E-state index in [0.717, 1.165) is 11.3 Å². The number of aromatic amines is 1. The largest absolute Gasteiger partial charge is 0.482 e. The maximum atomic E-state index is 11.9. The zero-order chi connectivity index (χ0) is 17.1. The molecule has 0 fully saturated rings. The minimum atomic E-state index is -0.361. The van der Waals surface area contributed by atoms with Gasteiger partial charge in [0.1, 0.15) is 11.4 Å². The number of benzene rings is 1. The van der Waals surface area contributed by atoms with Crippen molar-refractivity contribution in [1.29, 1.82) is 0 Å². The van der Waals surface area contributed by atoms with Crippen LogP contribution < -0.4 is 20.5 Å². The Balaban J connectivity index is 1.61. The first-order valence-electron chi connectivity index (χ1n) is 7.41. The first-order chi connectivity index (χ1) is 11.5. The molecule has 0 saturated carbocycles. The van der Waals surface area contributed by atoms with Crippen molar-refractivity contribution in [3.63, 3.8) is 0 Å². The van der Waals surface area contributed by atoms with Gasteiger partial charge in [0.05, 0.1) is 5.69 Å². The van der Waals surface area contributed by atoms with Crippen LogP contribution in [-0.4, -0.2) is 42.2 Å². The van der Waals surface area contributed by atoms with Crippen molar-refractivity contribution in [2.75, 3.05) is 25.1 Å². The second-order valence-corrected chi connectivity index (χ2v) is 5.36. The topological polar surface area (TPSA) is 104 Å². The Bertz CT molecular complexity index is 826. The highest BCUT2D eigenvalue weighted by Gasteiger charge is 2.22. The Morgan fingerprint density at radius 1 is 1.33 bits per heavy atom. The number of amides is 2. The number of carbonyl (C=O) groups is 2. The normalized spacial score (nSPS) is 13.2. The van der Waals surface area contributed by atoms with Crippen molar-refractivity contribution in [1.82, 2.24) is 15.5 Å². The number of hydrogen-bond donors (Lipinski definition) is 2. The van der Waals surface area contributed by atoms with E-state index in [2.05, 4.69) is 15.5 Å². The summed E-state index contributed by atoms with van der Waals surface area (Å²) in [6.07, 6.45) is 0.588. The van der Waals surface area contributed by atoms with Crippen molar-refractivity contribution in [3.8, 4) is 5.75 Å². The van der Waals surface area contributed by atoms with Crippen LogP contribution >= 0.6 is 0 Å². The van der Waals surface area contributed by atoms with E-state index in [1.807, 2.05) is 18.2 Å². The molecule has 0 unspecified atom stereocenters. The molecule has 8 nitrogen and oxygen atoms in total. The van der Waals surface area contributed by atoms with E-state index in [4.69, 9.17) is 4.74 Å². The maximum absolute atomic E-state index is 11.9. The van der Waals surface area contributed by atoms with Crippen LogP contribution in [0.5, 0.6) is 5.75 Å². The summed E-state index contributed by atoms with van der Waals surface area (Å²) >= 11 is 0. The van der Waals surface area contributed by atoms with Gasteiger partial charge in [-0.2, -0.15) is 5.10 Å². The van der Waals surface area contributed by atoms with E-state index in [1.54, 1.807) is 11.9 Å². The molecule has 2 heterocycles. The molecule has 1 aliphatic heterocycles. The summed E-state index contributed by atoms with van der Waals surface area (Å²) < 4.78 is 5.37. The summed E-state index contributed by atoms with van der Waals surface area (Å²) in [6, 6.07) is 8.20. The number of anilines is 1. The zero-order valence-electron chi connectivity index (χ0n) is 13.0. The Kier molecular flexibility index (Phi) is 4.28. The van der Waals surface area contributed by atoms with Crippen molar-refractivity contribution in [2.45, 2.75) is 6.42 Å². The van der Waals surface area contributed by atoms with E-state index in [0.29, 0.717) is 18.7 Å². The van der Waals surface area contributed by atoms with E-state index in [1.165, 1.54) is 12.1 Å². The molecule has 1 aromatic carbocycles. The SMILES string of the molecule is CN1C(=O)COc2ccc(CCNC(=O)c3ccc(=O)[nH]n3)cc21. The molecule has 3 rings (SSSR count). The van der Waals surface area contributed by atoms with Crippen molar-refractivity contribution in [2.24, 2.45) is 0 Å². The van der Waals surface area contributed by atoms with Crippen molar-refractivity contribution >= 4 is 17.5 Å². The Morgan fingerprint density at radius 3 is 2.92 bits per heavy atom. The average Bonchev–Trinajstić information content (AvgIpc) is 2.59. The molecule has 0 spiro atoms. The van der Waals surface area contributed by atoms with Gasteiger partial charge in [-0.15, -0.1) is 0 Å². The van der Waals surface area contributed by atoms with Crippen LogP contribution in [0.15, 0.2) is 35.1 Å². The number of ether oxygens (including phenoxy) is 1. The predicted octanol–water partition coefficient (Wildman–Crippen LogP) is 0.0976. The molecule has 0 radical (unpaired) electrons. The number of fused-ring (bicyclic) bond motifs is 1. The third-order valence-electron chi connectivity index (χ3n) is 3.72. The molecule has 0 aliphatic carbocycles. The monoisotopic (exact) mass is 328 g/mol. The van der Waals surface area contributed by atoms with Gasteiger partial charge >= 0.3 is 0 Å². The number of aromatic nitrogens is 2. The molecule has 2 amide bonds. The molecular weight excluding hydrogens is 312 g/mol. The molecule has 0 atom stereocenters. The van der Waals surface area contributed by atoms with Crippen LogP contribution in [0.1, 0.15) is 16.1 Å². The molecular formula is C16H16N4O4. The van der Waals surface area contributed by atoms with Crippen LogP contribution in [0.2, 0.25) is 0 Å². The third-order valence-corrected chi connectivity index (χ3v) is 3.72. The Hall–Kier alpha value is -3.16. The second kappa shape index (κ2) is 6.53. The van der Waals surface area contributed by atoms with Gasteiger partial charge in [-0.1, -0.05) is 6.07 Å². The maximum Gasteiger partial charge on any atom is 0.271 e. The molecule has 1 aliphatic rings. The number of carbonyl (C=O) groups excluding carboxylic acids is 2. The van der Waals surface area contributed by atoms with E-state index >= 15 is 0 Å². The van der Waals surface area contributed by atoms with Crippen LogP contribution in [0.25, 0.3) is 0 Å². The van der Waals surface area contributed by atoms with Crippen LogP contribution in [0.3, 0.4) is 0 Å². The average molecular weight is 328 g/mol. The predicted molar refractivity (Wildman–Crippen MR) is 86.2 cm³/mol. The minimum Gasteiger partial charge on any atom is -0.482 e. The molecule has 8 heteroatoms. The van der Waals surface area contributed by atoms with E-state index in [-0.39, 0.29) is 29.7 Å². The lowest BCUT2D eigenvalue weighted by Crippen LogP contribution is -2.35. The third kappa shape index (κ3) is 3.27. The molecule has 1 aromatic heterocycles. The number of rotatable bonds is 4. The fraction of sp³-hybridized carbons (Fsp3) is 0.250. The van der Waals surface area contributed by atoms with Gasteiger partial charge < -0.3 is 15.0 Å². The minimum absolute atomic E-state index is 0.0467. The number of nitrogens with one attached hydrogen (secondary N) is 2. The summed E-state index contributed by atoms with van der Waals surface area (Å²) in [4.78, 5) is 36.1. The van der Waals surface area contributed by atoms with Gasteiger partial charge in [-0.3, -0.25) is 14.4 Å². The first kappa shape index (κ1) is 15.7. The zero-order valence-corrected chi connectivity index (χ0v) is 13.0. The highest BCUT2D eigenvalue weighted by Crippen LogP contribution is 2.31. The smallest absolute Gasteiger partial charge is 0.271 e. The molecule has 0 saturated heterocycles. The Morgan fingerprint density at radius 2 is 2.17 bits per heavy atom. The number of hydrogen-bond acceptors (Lipinski definition) is 5. The number of H-pyrrole nitrogens is 1. The van der Waals surface area contributed by atoms with Crippen molar-refractivity contribution in [3.05, 3.63) is 51.9 Å². The van der Waals surface area contributed by atoms with Crippen molar-refractivity contribution < 1.29 is 14.3 Å². The van der Waals surface area contributed by atoms with Crippen LogP contribution in [0, 0.1) is 0 Å². The molecule has 2 N–H and O–H groups in total. The number of nitrogens with zero attached hydrogens (tertiary/aromatic N) is 2. The number of likely N-dealkylation sites (N-methyl/N-ethyl adjacent to an activating group) is 1. The van der Waals surface area contributed by atoms with Gasteiger partial charge in [0.25, 0.3) is 17.4 Å². The van der Waals surface area contributed by atoms with Gasteiger partial charge in [0, 0.05) is 19.7 Å². The summed E-state index contributed by atoms with van der Waals surface area (Å²) in [6.45, 7) is 0.446. The summed E-state index contributed by atoms with van der Waals surface area (Å²) in [7, 11) is 1.71. The lowest BCUT2D eigenvalue weighted by molar-refractivity contribution is -0.120. The molecule has 24 heavy (non-hydrogen) atoms. The highest BCUT2D eigenvalue weighted by atomic mass is 16.5. The molecule has 124 valence electrons. The van der Waals surface area contributed by atoms with Gasteiger partial charge in [0.15, 0.2) is 6.61 Å². The van der Waals surface area contributed by atoms with Gasteiger partial charge in [-0.05, 0) is 30.2 Å². The molecule has 0 bridgehead atoms. The summed E-state index contributed by atoms with van der Waals surface area (Å²) in [5.74, 6) is 0.208. The van der Waals surface area contributed by atoms with E-state index < -0.39 is 0 Å². The van der Waals surface area contributed by atoms with Gasteiger partial charge in [0.2, 0.25) is 0 Å².